The van der Waals surface area contributed by atoms with Gasteiger partial charge in [0, 0.05) is 6.61 Å². The van der Waals surface area contributed by atoms with Gasteiger partial charge in [0.2, 0.25) is 6.10 Å². The van der Waals surface area contributed by atoms with Gasteiger partial charge in [-0.3, -0.25) is 9.59 Å². The molecule has 0 aromatic carbocycles. The predicted molar refractivity (Wildman–Crippen MR) is 46.9 cm³/mol. The van der Waals surface area contributed by atoms with Crippen molar-refractivity contribution in [2.75, 3.05) is 6.61 Å². The van der Waals surface area contributed by atoms with Gasteiger partial charge >= 0.3 is 0 Å². The van der Waals surface area contributed by atoms with E-state index in [0.717, 1.165) is 12.8 Å². The first-order valence-corrected chi connectivity index (χ1v) is 4.47. The van der Waals surface area contributed by atoms with Gasteiger partial charge in [0.15, 0.2) is 6.29 Å². The molecule has 80 valence electrons. The number of hydrogen-bond donors (Lipinski definition) is 2. The molecule has 1 atom stereocenters. The zero-order chi connectivity index (χ0) is 10.6. The van der Waals surface area contributed by atoms with Crippen LogP contribution in [0.15, 0.2) is 0 Å². The van der Waals surface area contributed by atoms with Crippen LogP contribution in [0.1, 0.15) is 19.3 Å². The first kappa shape index (κ1) is 10.9. The second-order valence-corrected chi connectivity index (χ2v) is 3.12. The van der Waals surface area contributed by atoms with Crippen molar-refractivity contribution in [1.82, 2.24) is 0 Å². The molecule has 1 unspecified atom stereocenters. The number of carbonyl (C=O) groups is 2. The molecule has 0 aromatic rings. The van der Waals surface area contributed by atoms with Crippen molar-refractivity contribution in [2.24, 2.45) is 11.5 Å². The number of rotatable bonds is 4. The van der Waals surface area contributed by atoms with Crippen LogP contribution in [-0.2, 0) is 19.1 Å². The number of ether oxygens (including phenoxy) is 2. The van der Waals surface area contributed by atoms with Gasteiger partial charge in [0.1, 0.15) is 0 Å². The van der Waals surface area contributed by atoms with Gasteiger partial charge in [-0.1, -0.05) is 0 Å². The molecule has 4 N–H and O–H groups in total. The number of amides is 2. The topological polar surface area (TPSA) is 105 Å². The fourth-order valence-electron chi connectivity index (χ4n) is 1.24. The average molecular weight is 202 g/mol. The Labute approximate surface area is 81.5 Å². The Kier molecular flexibility index (Phi) is 3.84. The Morgan fingerprint density at radius 1 is 1.29 bits per heavy atom. The summed E-state index contributed by atoms with van der Waals surface area (Å²) >= 11 is 0. The van der Waals surface area contributed by atoms with Crippen molar-refractivity contribution in [3.05, 3.63) is 0 Å². The summed E-state index contributed by atoms with van der Waals surface area (Å²) in [5.74, 6) is -1.77. The van der Waals surface area contributed by atoms with E-state index in [0.29, 0.717) is 13.0 Å². The van der Waals surface area contributed by atoms with Crippen LogP contribution in [0.5, 0.6) is 0 Å². The maximum Gasteiger partial charge on any atom is 0.256 e. The molecule has 1 rings (SSSR count). The summed E-state index contributed by atoms with van der Waals surface area (Å²) in [5, 5.41) is 0. The molecule has 2 amide bonds. The highest BCUT2D eigenvalue weighted by atomic mass is 16.7. The third kappa shape index (κ3) is 2.97. The van der Waals surface area contributed by atoms with Crippen molar-refractivity contribution in [3.8, 4) is 0 Å². The van der Waals surface area contributed by atoms with Crippen molar-refractivity contribution >= 4 is 11.8 Å². The van der Waals surface area contributed by atoms with Crippen molar-refractivity contribution < 1.29 is 19.1 Å². The first-order valence-electron chi connectivity index (χ1n) is 4.47. The third-order valence-electron chi connectivity index (χ3n) is 1.94. The van der Waals surface area contributed by atoms with Crippen molar-refractivity contribution in [2.45, 2.75) is 31.7 Å². The normalized spacial score (nSPS) is 22.2. The monoisotopic (exact) mass is 202 g/mol. The minimum atomic E-state index is -1.39. The molecule has 6 nitrogen and oxygen atoms in total. The molecule has 1 saturated heterocycles. The summed E-state index contributed by atoms with van der Waals surface area (Å²) < 4.78 is 10.2. The van der Waals surface area contributed by atoms with E-state index < -0.39 is 24.2 Å². The summed E-state index contributed by atoms with van der Waals surface area (Å²) in [6.45, 7) is 0.564. The Morgan fingerprint density at radius 2 is 1.93 bits per heavy atom. The molecule has 0 saturated carbocycles. The molecule has 6 heteroatoms. The molecule has 14 heavy (non-hydrogen) atoms. The smallest absolute Gasteiger partial charge is 0.256 e. The SMILES string of the molecule is NC(=O)C(OC1CCCCO1)C(N)=O. The van der Waals surface area contributed by atoms with E-state index >= 15 is 0 Å². The van der Waals surface area contributed by atoms with Crippen molar-refractivity contribution in [3.63, 3.8) is 0 Å². The number of nitrogens with two attached hydrogens (primary N) is 2. The maximum atomic E-state index is 10.8. The lowest BCUT2D eigenvalue weighted by atomic mass is 10.2. The molecule has 0 aromatic heterocycles. The molecule has 1 aliphatic rings. The molecule has 0 radical (unpaired) electrons. The van der Waals surface area contributed by atoms with Gasteiger partial charge in [-0.25, -0.2) is 0 Å². The first-order chi connectivity index (χ1) is 6.61. The molecule has 1 aliphatic heterocycles. The van der Waals surface area contributed by atoms with Crippen molar-refractivity contribution in [1.29, 1.82) is 0 Å². The van der Waals surface area contributed by atoms with Crippen LogP contribution in [0.2, 0.25) is 0 Å². The largest absolute Gasteiger partial charge is 0.367 e. The Balaban J connectivity index is 2.45. The second-order valence-electron chi connectivity index (χ2n) is 3.12. The lowest BCUT2D eigenvalue weighted by Gasteiger charge is -2.24. The molecule has 1 heterocycles. The Bertz CT molecular complexity index is 211. The van der Waals surface area contributed by atoms with Gasteiger partial charge in [-0.2, -0.15) is 0 Å². The van der Waals surface area contributed by atoms with Gasteiger partial charge in [-0.05, 0) is 19.3 Å². The van der Waals surface area contributed by atoms with Gasteiger partial charge < -0.3 is 20.9 Å². The average Bonchev–Trinajstić information content (AvgIpc) is 2.15. The standard InChI is InChI=1S/C8H14N2O4/c9-7(11)6(8(10)12)14-5-3-1-2-4-13-5/h5-6H,1-4H2,(H2,9,11)(H2,10,12). The fourth-order valence-corrected chi connectivity index (χ4v) is 1.24. The highest BCUT2D eigenvalue weighted by molar-refractivity contribution is 6.01. The second kappa shape index (κ2) is 4.92. The summed E-state index contributed by atoms with van der Waals surface area (Å²) in [4.78, 5) is 21.5. The summed E-state index contributed by atoms with van der Waals surface area (Å²) in [6.07, 6.45) is 0.607. The van der Waals surface area contributed by atoms with E-state index in [2.05, 4.69) is 0 Å². The van der Waals surface area contributed by atoms with Gasteiger partial charge in [-0.15, -0.1) is 0 Å². The number of hydrogen-bond acceptors (Lipinski definition) is 4. The van der Waals surface area contributed by atoms with Crippen LogP contribution in [0.3, 0.4) is 0 Å². The maximum absolute atomic E-state index is 10.8. The van der Waals surface area contributed by atoms with Crippen LogP contribution >= 0.6 is 0 Å². The number of primary amides is 2. The summed E-state index contributed by atoms with van der Waals surface area (Å²) in [7, 11) is 0. The minimum absolute atomic E-state index is 0.547. The van der Waals surface area contributed by atoms with Crippen LogP contribution in [0.4, 0.5) is 0 Å². The van der Waals surface area contributed by atoms with Crippen LogP contribution in [0, 0.1) is 0 Å². The molecule has 0 bridgehead atoms. The minimum Gasteiger partial charge on any atom is -0.367 e. The zero-order valence-electron chi connectivity index (χ0n) is 7.77. The number of carbonyl (C=O) groups excluding carboxylic acids is 2. The van der Waals surface area contributed by atoms with E-state index in [1.54, 1.807) is 0 Å². The quantitative estimate of drug-likeness (QED) is 0.562. The third-order valence-corrected chi connectivity index (χ3v) is 1.94. The Hall–Kier alpha value is -1.14. The predicted octanol–water partition coefficient (Wildman–Crippen LogP) is -1.13. The van der Waals surface area contributed by atoms with Crippen LogP contribution < -0.4 is 11.5 Å². The van der Waals surface area contributed by atoms with E-state index in [4.69, 9.17) is 20.9 Å². The molecular formula is C8H14N2O4. The fraction of sp³-hybridized carbons (Fsp3) is 0.750. The lowest BCUT2D eigenvalue weighted by Crippen LogP contribution is -2.45. The van der Waals surface area contributed by atoms with E-state index in [9.17, 15) is 9.59 Å². The Morgan fingerprint density at radius 3 is 2.36 bits per heavy atom. The van der Waals surface area contributed by atoms with Gasteiger partial charge in [0.05, 0.1) is 0 Å². The molecule has 1 fully saturated rings. The van der Waals surface area contributed by atoms with Crippen LogP contribution in [-0.4, -0.2) is 30.8 Å². The van der Waals surface area contributed by atoms with E-state index in [1.165, 1.54) is 0 Å². The van der Waals surface area contributed by atoms with Gasteiger partial charge in [0.25, 0.3) is 11.8 Å². The highest BCUT2D eigenvalue weighted by Crippen LogP contribution is 2.15. The highest BCUT2D eigenvalue weighted by Gasteiger charge is 2.27. The van der Waals surface area contributed by atoms with Crippen LogP contribution in [0.25, 0.3) is 0 Å². The van der Waals surface area contributed by atoms with E-state index in [1.807, 2.05) is 0 Å². The summed E-state index contributed by atoms with van der Waals surface area (Å²) in [6, 6.07) is 0. The molecular weight excluding hydrogens is 188 g/mol. The lowest BCUT2D eigenvalue weighted by molar-refractivity contribution is -0.192. The summed E-state index contributed by atoms with van der Waals surface area (Å²) in [5.41, 5.74) is 9.87. The van der Waals surface area contributed by atoms with E-state index in [-0.39, 0.29) is 0 Å². The molecule has 0 spiro atoms. The molecule has 0 aliphatic carbocycles. The zero-order valence-corrected chi connectivity index (χ0v) is 7.77.